The van der Waals surface area contributed by atoms with Gasteiger partial charge >= 0.3 is 0 Å². The monoisotopic (exact) mass is 384 g/mol. The molecule has 0 saturated heterocycles. The lowest BCUT2D eigenvalue weighted by Gasteiger charge is -2.07. The molecule has 3 aromatic rings. The third-order valence-electron chi connectivity index (χ3n) is 3.59. The number of carbonyl (C=O) groups excluding carboxylic acids is 2. The minimum Gasteiger partial charge on any atom is -0.321 e. The average Bonchev–Trinajstić information content (AvgIpc) is 3.12. The summed E-state index contributed by atoms with van der Waals surface area (Å²) < 4.78 is 25.7. The van der Waals surface area contributed by atoms with E-state index in [-0.39, 0.29) is 10.6 Å². The first-order valence-corrected chi connectivity index (χ1v) is 9.39. The van der Waals surface area contributed by atoms with E-state index in [1.807, 2.05) is 35.1 Å². The molecule has 9 heteroatoms. The maximum absolute atomic E-state index is 12.3. The Labute approximate surface area is 155 Å². The van der Waals surface area contributed by atoms with E-state index >= 15 is 0 Å². The quantitative estimate of drug-likeness (QED) is 0.622. The van der Waals surface area contributed by atoms with Gasteiger partial charge in [0.1, 0.15) is 5.69 Å². The van der Waals surface area contributed by atoms with Crippen molar-refractivity contribution in [3.63, 3.8) is 0 Å². The fourth-order valence-electron chi connectivity index (χ4n) is 2.36. The van der Waals surface area contributed by atoms with E-state index in [0.29, 0.717) is 11.4 Å². The number of amides is 2. The molecule has 0 spiro atoms. The number of hydrogen-bond donors (Lipinski definition) is 3. The largest absolute Gasteiger partial charge is 0.321 e. The molecule has 3 rings (SSSR count). The van der Waals surface area contributed by atoms with E-state index in [1.165, 1.54) is 24.3 Å². The normalized spacial score (nSPS) is 11.0. The number of sulfonamides is 1. The van der Waals surface area contributed by atoms with E-state index in [4.69, 9.17) is 0 Å². The number of hydrogen-bond acceptors (Lipinski definition) is 5. The summed E-state index contributed by atoms with van der Waals surface area (Å²) in [6, 6.07) is 16.5. The van der Waals surface area contributed by atoms with Crippen LogP contribution in [0.2, 0.25) is 0 Å². The smallest absolute Gasteiger partial charge is 0.273 e. The van der Waals surface area contributed by atoms with Gasteiger partial charge < -0.3 is 5.32 Å². The van der Waals surface area contributed by atoms with Gasteiger partial charge in [-0.2, -0.15) is 5.10 Å². The molecule has 1 heterocycles. The first kappa shape index (κ1) is 18.3. The van der Waals surface area contributed by atoms with Gasteiger partial charge in [0, 0.05) is 18.2 Å². The van der Waals surface area contributed by atoms with Gasteiger partial charge in [-0.05, 0) is 30.3 Å². The van der Waals surface area contributed by atoms with Crippen LogP contribution in [0, 0.1) is 0 Å². The van der Waals surface area contributed by atoms with Gasteiger partial charge in [-0.1, -0.05) is 30.3 Å². The topological polar surface area (TPSA) is 121 Å². The lowest BCUT2D eigenvalue weighted by atomic mass is 10.1. The second kappa shape index (κ2) is 7.42. The van der Waals surface area contributed by atoms with Crippen LogP contribution < -0.4 is 10.0 Å². The molecule has 0 aliphatic carbocycles. The highest BCUT2D eigenvalue weighted by Gasteiger charge is 2.16. The van der Waals surface area contributed by atoms with Crippen LogP contribution in [0.3, 0.4) is 0 Å². The lowest BCUT2D eigenvalue weighted by Crippen LogP contribution is -2.28. The standard InChI is InChI=1S/C18H16N4O4S/c1-12(23)22-27(25,26)15-9-7-14(8-10-15)19-18(24)17-11-16(20-21-17)13-5-3-2-4-6-13/h2-11H,1H3,(H,19,24)(H,20,21)(H,22,23). The van der Waals surface area contributed by atoms with Crippen LogP contribution in [0.4, 0.5) is 5.69 Å². The Hall–Kier alpha value is -3.46. The highest BCUT2D eigenvalue weighted by molar-refractivity contribution is 7.90. The Balaban J connectivity index is 1.72. The molecule has 0 aliphatic heterocycles. The molecular weight excluding hydrogens is 368 g/mol. The summed E-state index contributed by atoms with van der Waals surface area (Å²) in [5.74, 6) is -1.09. The minimum atomic E-state index is -3.91. The van der Waals surface area contributed by atoms with Crippen LogP contribution >= 0.6 is 0 Å². The summed E-state index contributed by atoms with van der Waals surface area (Å²) in [6.45, 7) is 1.11. The van der Waals surface area contributed by atoms with Gasteiger partial charge in [0.25, 0.3) is 15.9 Å². The van der Waals surface area contributed by atoms with Crippen molar-refractivity contribution >= 4 is 27.5 Å². The molecule has 0 atom stereocenters. The summed E-state index contributed by atoms with van der Waals surface area (Å²) in [7, 11) is -3.91. The highest BCUT2D eigenvalue weighted by Crippen LogP contribution is 2.18. The summed E-state index contributed by atoms with van der Waals surface area (Å²) in [4.78, 5) is 23.2. The maximum atomic E-state index is 12.3. The lowest BCUT2D eigenvalue weighted by molar-refractivity contribution is -0.117. The van der Waals surface area contributed by atoms with E-state index in [2.05, 4.69) is 15.5 Å². The number of aromatic amines is 1. The number of rotatable bonds is 5. The molecule has 138 valence electrons. The molecule has 0 radical (unpaired) electrons. The van der Waals surface area contributed by atoms with Gasteiger partial charge in [-0.15, -0.1) is 0 Å². The van der Waals surface area contributed by atoms with Crippen molar-refractivity contribution < 1.29 is 18.0 Å². The van der Waals surface area contributed by atoms with Gasteiger partial charge in [-0.25, -0.2) is 13.1 Å². The number of H-pyrrole nitrogens is 1. The van der Waals surface area contributed by atoms with Crippen LogP contribution in [0.25, 0.3) is 11.3 Å². The zero-order chi connectivity index (χ0) is 19.4. The third-order valence-corrected chi connectivity index (χ3v) is 5.04. The maximum Gasteiger partial charge on any atom is 0.273 e. The highest BCUT2D eigenvalue weighted by atomic mass is 32.2. The van der Waals surface area contributed by atoms with E-state index in [9.17, 15) is 18.0 Å². The molecule has 0 aliphatic rings. The second-order valence-corrected chi connectivity index (χ2v) is 7.36. The number of aromatic nitrogens is 2. The number of carbonyl (C=O) groups is 2. The summed E-state index contributed by atoms with van der Waals surface area (Å²) in [5, 5.41) is 9.44. The minimum absolute atomic E-state index is 0.0800. The summed E-state index contributed by atoms with van der Waals surface area (Å²) >= 11 is 0. The van der Waals surface area contributed by atoms with Crippen LogP contribution in [-0.2, 0) is 14.8 Å². The van der Waals surface area contributed by atoms with Crippen molar-refractivity contribution in [2.45, 2.75) is 11.8 Å². The Bertz CT molecular complexity index is 1070. The van der Waals surface area contributed by atoms with Crippen molar-refractivity contribution in [2.75, 3.05) is 5.32 Å². The molecule has 0 saturated carbocycles. The predicted molar refractivity (Wildman–Crippen MR) is 99.4 cm³/mol. The van der Waals surface area contributed by atoms with Crippen molar-refractivity contribution in [3.8, 4) is 11.3 Å². The van der Waals surface area contributed by atoms with Crippen molar-refractivity contribution in [2.24, 2.45) is 0 Å². The van der Waals surface area contributed by atoms with Crippen LogP contribution in [0.1, 0.15) is 17.4 Å². The second-order valence-electron chi connectivity index (χ2n) is 5.67. The fraction of sp³-hybridized carbons (Fsp3) is 0.0556. The fourth-order valence-corrected chi connectivity index (χ4v) is 3.35. The van der Waals surface area contributed by atoms with E-state index in [0.717, 1.165) is 12.5 Å². The molecular formula is C18H16N4O4S. The number of benzene rings is 2. The van der Waals surface area contributed by atoms with Gasteiger partial charge in [-0.3, -0.25) is 14.7 Å². The number of nitrogens with one attached hydrogen (secondary N) is 3. The molecule has 27 heavy (non-hydrogen) atoms. The van der Waals surface area contributed by atoms with Crippen LogP contribution in [0.15, 0.2) is 65.6 Å². The molecule has 2 aromatic carbocycles. The van der Waals surface area contributed by atoms with Gasteiger partial charge in [0.2, 0.25) is 5.91 Å². The zero-order valence-electron chi connectivity index (χ0n) is 14.3. The van der Waals surface area contributed by atoms with Crippen molar-refractivity contribution in [1.82, 2.24) is 14.9 Å². The van der Waals surface area contributed by atoms with Gasteiger partial charge in [0.15, 0.2) is 0 Å². The molecule has 2 amide bonds. The Kier molecular flexibility index (Phi) is 5.04. The molecule has 0 fully saturated rings. The van der Waals surface area contributed by atoms with Crippen molar-refractivity contribution in [3.05, 3.63) is 66.4 Å². The van der Waals surface area contributed by atoms with Crippen LogP contribution in [-0.4, -0.2) is 30.4 Å². The van der Waals surface area contributed by atoms with Crippen LogP contribution in [0.5, 0.6) is 0 Å². The van der Waals surface area contributed by atoms with E-state index in [1.54, 1.807) is 6.07 Å². The SMILES string of the molecule is CC(=O)NS(=O)(=O)c1ccc(NC(=O)c2cc(-c3ccccc3)n[nH]2)cc1. The zero-order valence-corrected chi connectivity index (χ0v) is 15.1. The number of nitrogens with zero attached hydrogens (tertiary/aromatic N) is 1. The molecule has 0 bridgehead atoms. The predicted octanol–water partition coefficient (Wildman–Crippen LogP) is 2.15. The third kappa shape index (κ3) is 4.39. The van der Waals surface area contributed by atoms with Gasteiger partial charge in [0.05, 0.1) is 10.6 Å². The summed E-state index contributed by atoms with van der Waals surface area (Å²) in [5.41, 5.74) is 2.18. The van der Waals surface area contributed by atoms with Crippen molar-refractivity contribution in [1.29, 1.82) is 0 Å². The van der Waals surface area contributed by atoms with E-state index < -0.39 is 21.8 Å². The molecule has 8 nitrogen and oxygen atoms in total. The number of anilines is 1. The Morgan fingerprint density at radius 3 is 2.30 bits per heavy atom. The molecule has 0 unspecified atom stereocenters. The Morgan fingerprint density at radius 2 is 1.67 bits per heavy atom. The molecule has 1 aromatic heterocycles. The molecule has 3 N–H and O–H groups in total. The average molecular weight is 384 g/mol. The first-order chi connectivity index (χ1) is 12.8. The first-order valence-electron chi connectivity index (χ1n) is 7.91. The summed E-state index contributed by atoms with van der Waals surface area (Å²) in [6.07, 6.45) is 0. The Morgan fingerprint density at radius 1 is 1.00 bits per heavy atom.